The van der Waals surface area contributed by atoms with Crippen molar-refractivity contribution < 1.29 is 18.3 Å². The Morgan fingerprint density at radius 3 is 2.40 bits per heavy atom. The van der Waals surface area contributed by atoms with E-state index in [1.165, 1.54) is 6.07 Å². The summed E-state index contributed by atoms with van der Waals surface area (Å²) in [6.45, 7) is 0.611. The molecule has 1 aliphatic carbocycles. The highest BCUT2D eigenvalue weighted by molar-refractivity contribution is 5.67. The molecule has 0 heterocycles. The van der Waals surface area contributed by atoms with Gasteiger partial charge in [0, 0.05) is 12.0 Å². The third-order valence-electron chi connectivity index (χ3n) is 4.03. The van der Waals surface area contributed by atoms with Crippen molar-refractivity contribution in [1.82, 2.24) is 0 Å². The first-order valence-corrected chi connectivity index (χ1v) is 6.68. The lowest BCUT2D eigenvalue weighted by molar-refractivity contribution is -0.137. The van der Waals surface area contributed by atoms with Crippen LogP contribution in [0.1, 0.15) is 31.2 Å². The van der Waals surface area contributed by atoms with Crippen LogP contribution >= 0.6 is 0 Å². The Hall–Kier alpha value is -1.43. The van der Waals surface area contributed by atoms with Gasteiger partial charge in [0.1, 0.15) is 0 Å². The Morgan fingerprint density at radius 1 is 1.25 bits per heavy atom. The second-order valence-electron chi connectivity index (χ2n) is 5.52. The van der Waals surface area contributed by atoms with Gasteiger partial charge in [-0.2, -0.15) is 13.2 Å². The maximum absolute atomic E-state index is 12.5. The molecule has 1 fully saturated rings. The Labute approximate surface area is 116 Å². The maximum atomic E-state index is 12.5. The molecule has 2 rings (SSSR count). The van der Waals surface area contributed by atoms with Crippen LogP contribution in [0, 0.1) is 5.41 Å². The van der Waals surface area contributed by atoms with Crippen LogP contribution in [-0.4, -0.2) is 18.3 Å². The number of benzene rings is 1. The molecule has 1 saturated carbocycles. The van der Waals surface area contributed by atoms with Crippen LogP contribution in [0.15, 0.2) is 18.2 Å². The van der Waals surface area contributed by atoms with Gasteiger partial charge in [-0.25, -0.2) is 0 Å². The van der Waals surface area contributed by atoms with Crippen molar-refractivity contribution in [2.24, 2.45) is 5.41 Å². The molecular weight excluding hydrogens is 269 g/mol. The Morgan fingerprint density at radius 2 is 1.90 bits per heavy atom. The molecule has 20 heavy (non-hydrogen) atoms. The van der Waals surface area contributed by atoms with Crippen molar-refractivity contribution in [3.63, 3.8) is 0 Å². The number of aliphatic hydroxyl groups is 1. The lowest BCUT2D eigenvalue weighted by atomic mass is 9.87. The van der Waals surface area contributed by atoms with Crippen molar-refractivity contribution in [1.29, 1.82) is 0 Å². The van der Waals surface area contributed by atoms with Crippen LogP contribution in [0.25, 0.3) is 0 Å². The summed E-state index contributed by atoms with van der Waals surface area (Å²) in [6.07, 6.45) is -0.381. The van der Waals surface area contributed by atoms with E-state index >= 15 is 0 Å². The highest BCUT2D eigenvalue weighted by Gasteiger charge is 2.33. The molecule has 0 atom stereocenters. The van der Waals surface area contributed by atoms with Crippen molar-refractivity contribution in [2.75, 3.05) is 24.2 Å². The average Bonchev–Trinajstić information content (AvgIpc) is 2.85. The zero-order valence-electron chi connectivity index (χ0n) is 11.1. The minimum Gasteiger partial charge on any atom is -0.397 e. The van der Waals surface area contributed by atoms with Gasteiger partial charge in [-0.15, -0.1) is 0 Å². The predicted octanol–water partition coefficient (Wildman–Crippen LogP) is 3.25. The molecule has 1 aromatic carbocycles. The molecular formula is C14H19F3N2O. The Balaban J connectivity index is 2.07. The van der Waals surface area contributed by atoms with E-state index in [-0.39, 0.29) is 17.7 Å². The summed E-state index contributed by atoms with van der Waals surface area (Å²) in [6, 6.07) is 3.29. The summed E-state index contributed by atoms with van der Waals surface area (Å²) in [7, 11) is 0. The minimum absolute atomic E-state index is 0.0749. The van der Waals surface area contributed by atoms with Crippen molar-refractivity contribution in [3.05, 3.63) is 23.8 Å². The molecule has 1 aromatic rings. The van der Waals surface area contributed by atoms with Gasteiger partial charge in [0.05, 0.1) is 23.5 Å². The lowest BCUT2D eigenvalue weighted by Gasteiger charge is -2.27. The number of anilines is 2. The van der Waals surface area contributed by atoms with Gasteiger partial charge in [0.25, 0.3) is 0 Å². The van der Waals surface area contributed by atoms with Crippen molar-refractivity contribution in [2.45, 2.75) is 31.9 Å². The topological polar surface area (TPSA) is 58.3 Å². The van der Waals surface area contributed by atoms with Gasteiger partial charge in [0.2, 0.25) is 0 Å². The number of aliphatic hydroxyl groups excluding tert-OH is 1. The molecule has 0 radical (unpaired) electrons. The van der Waals surface area contributed by atoms with E-state index < -0.39 is 11.7 Å². The van der Waals surface area contributed by atoms with Crippen LogP contribution in [0.3, 0.4) is 0 Å². The summed E-state index contributed by atoms with van der Waals surface area (Å²) < 4.78 is 37.6. The highest BCUT2D eigenvalue weighted by atomic mass is 19.4. The summed E-state index contributed by atoms with van der Waals surface area (Å²) in [5.74, 6) is 0. The molecule has 0 bridgehead atoms. The first kappa shape index (κ1) is 15.0. The number of alkyl halides is 3. The van der Waals surface area contributed by atoms with Gasteiger partial charge in [-0.05, 0) is 31.0 Å². The highest BCUT2D eigenvalue weighted by Crippen LogP contribution is 2.38. The number of halogens is 3. The van der Waals surface area contributed by atoms with E-state index in [1.807, 2.05) is 0 Å². The molecule has 0 aromatic heterocycles. The zero-order chi connectivity index (χ0) is 14.8. The molecule has 0 aliphatic heterocycles. The number of hydrogen-bond acceptors (Lipinski definition) is 3. The molecule has 1 aliphatic rings. The second kappa shape index (κ2) is 5.52. The van der Waals surface area contributed by atoms with Gasteiger partial charge in [0.15, 0.2) is 0 Å². The third-order valence-corrected chi connectivity index (χ3v) is 4.03. The van der Waals surface area contributed by atoms with E-state index in [9.17, 15) is 18.3 Å². The fourth-order valence-corrected chi connectivity index (χ4v) is 2.70. The molecule has 0 spiro atoms. The number of nitrogen functional groups attached to an aromatic ring is 1. The van der Waals surface area contributed by atoms with E-state index in [2.05, 4.69) is 5.32 Å². The number of hydrogen-bond donors (Lipinski definition) is 3. The van der Waals surface area contributed by atoms with Gasteiger partial charge in [-0.1, -0.05) is 12.8 Å². The molecule has 0 saturated heterocycles. The Kier molecular flexibility index (Phi) is 4.13. The first-order valence-electron chi connectivity index (χ1n) is 6.68. The smallest absolute Gasteiger partial charge is 0.397 e. The number of nitrogens with one attached hydrogen (secondary N) is 1. The molecule has 6 heteroatoms. The summed E-state index contributed by atoms with van der Waals surface area (Å²) in [5, 5.41) is 12.6. The SMILES string of the molecule is Nc1cc(C(F)(F)F)ccc1NCC1(CO)CCCC1. The predicted molar refractivity (Wildman–Crippen MR) is 72.3 cm³/mol. The van der Waals surface area contributed by atoms with Crippen LogP contribution in [-0.2, 0) is 6.18 Å². The summed E-state index contributed by atoms with van der Waals surface area (Å²) >= 11 is 0. The largest absolute Gasteiger partial charge is 0.416 e. The van der Waals surface area contributed by atoms with E-state index in [0.29, 0.717) is 12.2 Å². The minimum atomic E-state index is -4.38. The summed E-state index contributed by atoms with van der Waals surface area (Å²) in [5.41, 5.74) is 5.30. The third kappa shape index (κ3) is 3.17. The molecule has 112 valence electrons. The maximum Gasteiger partial charge on any atom is 0.416 e. The van der Waals surface area contributed by atoms with Crippen LogP contribution < -0.4 is 11.1 Å². The van der Waals surface area contributed by atoms with E-state index in [0.717, 1.165) is 37.8 Å². The van der Waals surface area contributed by atoms with Gasteiger partial charge >= 0.3 is 6.18 Å². The number of rotatable bonds is 4. The van der Waals surface area contributed by atoms with Crippen molar-refractivity contribution in [3.8, 4) is 0 Å². The fraction of sp³-hybridized carbons (Fsp3) is 0.571. The van der Waals surface area contributed by atoms with E-state index in [4.69, 9.17) is 5.73 Å². The van der Waals surface area contributed by atoms with Gasteiger partial charge in [-0.3, -0.25) is 0 Å². The lowest BCUT2D eigenvalue weighted by Crippen LogP contribution is -2.30. The van der Waals surface area contributed by atoms with Crippen LogP contribution in [0.5, 0.6) is 0 Å². The van der Waals surface area contributed by atoms with Gasteiger partial charge < -0.3 is 16.2 Å². The number of nitrogens with two attached hydrogens (primary N) is 1. The monoisotopic (exact) mass is 288 g/mol. The van der Waals surface area contributed by atoms with E-state index in [1.54, 1.807) is 0 Å². The van der Waals surface area contributed by atoms with Crippen LogP contribution in [0.4, 0.5) is 24.5 Å². The molecule has 0 unspecified atom stereocenters. The van der Waals surface area contributed by atoms with Crippen molar-refractivity contribution >= 4 is 11.4 Å². The molecule has 3 nitrogen and oxygen atoms in total. The molecule has 4 N–H and O–H groups in total. The average molecular weight is 288 g/mol. The quantitative estimate of drug-likeness (QED) is 0.745. The first-order chi connectivity index (χ1) is 9.36. The fourth-order valence-electron chi connectivity index (χ4n) is 2.70. The zero-order valence-corrected chi connectivity index (χ0v) is 11.1. The summed E-state index contributed by atoms with van der Waals surface area (Å²) in [4.78, 5) is 0. The second-order valence-corrected chi connectivity index (χ2v) is 5.52. The van der Waals surface area contributed by atoms with Crippen LogP contribution in [0.2, 0.25) is 0 Å². The standard InChI is InChI=1S/C14H19F3N2O/c15-14(16,17)10-3-4-12(11(18)7-10)19-8-13(9-20)5-1-2-6-13/h3-4,7,19-20H,1-2,5-6,8-9,18H2. The normalized spacial score (nSPS) is 18.2. The Bertz CT molecular complexity index is 468. The molecule has 0 amide bonds.